The molecule has 22 heavy (non-hydrogen) atoms. The van der Waals surface area contributed by atoms with E-state index in [1.807, 2.05) is 19.4 Å². The van der Waals surface area contributed by atoms with E-state index >= 15 is 0 Å². The number of carbonyl (C=O) groups is 1. The summed E-state index contributed by atoms with van der Waals surface area (Å²) in [6, 6.07) is -0.183. The predicted octanol–water partition coefficient (Wildman–Crippen LogP) is 2.20. The molecule has 0 saturated heterocycles. The molecule has 0 saturated carbocycles. The van der Waals surface area contributed by atoms with Gasteiger partial charge >= 0.3 is 0 Å². The molecule has 6 nitrogen and oxygen atoms in total. The van der Waals surface area contributed by atoms with Gasteiger partial charge in [-0.05, 0) is 38.3 Å². The van der Waals surface area contributed by atoms with Crippen molar-refractivity contribution in [3.05, 3.63) is 28.5 Å². The third kappa shape index (κ3) is 3.05. The molecule has 1 aliphatic carbocycles. The van der Waals surface area contributed by atoms with Gasteiger partial charge in [0.1, 0.15) is 0 Å². The highest BCUT2D eigenvalue weighted by Crippen LogP contribution is 2.24. The van der Waals surface area contributed by atoms with E-state index in [0.717, 1.165) is 25.0 Å². The van der Waals surface area contributed by atoms with Crippen LogP contribution in [0.5, 0.6) is 0 Å². The summed E-state index contributed by atoms with van der Waals surface area (Å²) >= 11 is 1.43. The fourth-order valence-corrected chi connectivity index (χ4v) is 3.57. The summed E-state index contributed by atoms with van der Waals surface area (Å²) in [5.74, 6) is -0.00729. The standard InChI is InChI=1S/C15H21N5OS/c1-3-13(14(21)17-15-16-7-8-22-15)20(2)9-12-10-5-4-6-11(10)18-19-12/h7-8,13H,3-6,9H2,1-2H3,(H,18,19)(H,16,17,21). The van der Waals surface area contributed by atoms with Crippen LogP contribution in [0.4, 0.5) is 5.13 Å². The number of aromatic nitrogens is 3. The Bertz CT molecular complexity index is 636. The van der Waals surface area contributed by atoms with Crippen LogP contribution in [0.3, 0.4) is 0 Å². The van der Waals surface area contributed by atoms with E-state index in [9.17, 15) is 4.79 Å². The average Bonchev–Trinajstić information content (AvgIpc) is 3.19. The number of amides is 1. The minimum absolute atomic E-state index is 0.00729. The zero-order valence-electron chi connectivity index (χ0n) is 12.9. The van der Waals surface area contributed by atoms with Gasteiger partial charge in [-0.25, -0.2) is 4.98 Å². The van der Waals surface area contributed by atoms with Gasteiger partial charge in [0.25, 0.3) is 0 Å². The molecule has 1 amide bonds. The van der Waals surface area contributed by atoms with Crippen LogP contribution in [0.1, 0.15) is 36.7 Å². The summed E-state index contributed by atoms with van der Waals surface area (Å²) in [5.41, 5.74) is 3.70. The van der Waals surface area contributed by atoms with Crippen molar-refractivity contribution in [2.24, 2.45) is 0 Å². The number of nitrogens with zero attached hydrogens (tertiary/aromatic N) is 3. The Morgan fingerprint density at radius 2 is 2.41 bits per heavy atom. The summed E-state index contributed by atoms with van der Waals surface area (Å²) in [7, 11) is 1.98. The second kappa shape index (κ2) is 6.58. The van der Waals surface area contributed by atoms with Crippen LogP contribution in [-0.2, 0) is 24.2 Å². The molecule has 0 bridgehead atoms. The fourth-order valence-electron chi connectivity index (χ4n) is 3.04. The number of anilines is 1. The topological polar surface area (TPSA) is 73.9 Å². The molecule has 0 aliphatic heterocycles. The van der Waals surface area contributed by atoms with E-state index in [0.29, 0.717) is 11.7 Å². The molecule has 1 aliphatic rings. The highest BCUT2D eigenvalue weighted by Gasteiger charge is 2.25. The Labute approximate surface area is 133 Å². The van der Waals surface area contributed by atoms with Gasteiger partial charge in [-0.15, -0.1) is 11.3 Å². The summed E-state index contributed by atoms with van der Waals surface area (Å²) in [6.07, 6.45) is 5.82. The molecular formula is C15H21N5OS. The molecule has 0 spiro atoms. The Kier molecular flexibility index (Phi) is 4.54. The van der Waals surface area contributed by atoms with Gasteiger partial charge in [0.2, 0.25) is 5.91 Å². The van der Waals surface area contributed by atoms with Crippen molar-refractivity contribution in [1.29, 1.82) is 0 Å². The van der Waals surface area contributed by atoms with Gasteiger partial charge < -0.3 is 5.32 Å². The number of thiazole rings is 1. The largest absolute Gasteiger partial charge is 0.301 e. The molecule has 3 rings (SSSR count). The number of carbonyl (C=O) groups excluding carboxylic acids is 1. The van der Waals surface area contributed by atoms with Gasteiger partial charge in [0, 0.05) is 23.8 Å². The minimum atomic E-state index is -0.183. The summed E-state index contributed by atoms with van der Waals surface area (Å²) in [6.45, 7) is 2.72. The van der Waals surface area contributed by atoms with Crippen LogP contribution in [-0.4, -0.2) is 39.1 Å². The number of nitrogens with one attached hydrogen (secondary N) is 2. The third-order valence-electron chi connectivity index (χ3n) is 4.18. The van der Waals surface area contributed by atoms with E-state index in [1.54, 1.807) is 6.20 Å². The summed E-state index contributed by atoms with van der Waals surface area (Å²) in [4.78, 5) is 18.6. The maximum absolute atomic E-state index is 12.4. The Balaban J connectivity index is 1.66. The number of rotatable bonds is 6. The van der Waals surface area contributed by atoms with Gasteiger partial charge in [0.05, 0.1) is 11.7 Å². The first-order valence-electron chi connectivity index (χ1n) is 7.64. The van der Waals surface area contributed by atoms with E-state index in [4.69, 9.17) is 0 Å². The van der Waals surface area contributed by atoms with Crippen molar-refractivity contribution in [2.75, 3.05) is 12.4 Å². The quantitative estimate of drug-likeness (QED) is 0.856. The lowest BCUT2D eigenvalue weighted by atomic mass is 10.1. The fraction of sp³-hybridized carbons (Fsp3) is 0.533. The lowest BCUT2D eigenvalue weighted by Gasteiger charge is -2.25. The summed E-state index contributed by atoms with van der Waals surface area (Å²) in [5, 5.41) is 12.9. The van der Waals surface area contributed by atoms with Crippen molar-refractivity contribution in [1.82, 2.24) is 20.1 Å². The van der Waals surface area contributed by atoms with Crippen LogP contribution in [0.15, 0.2) is 11.6 Å². The SMILES string of the molecule is CCC(C(=O)Nc1nccs1)N(C)Cc1n[nH]c2c1CCC2. The van der Waals surface area contributed by atoms with E-state index in [2.05, 4.69) is 25.4 Å². The van der Waals surface area contributed by atoms with Crippen LogP contribution in [0.25, 0.3) is 0 Å². The second-order valence-electron chi connectivity index (χ2n) is 5.65. The van der Waals surface area contributed by atoms with Crippen molar-refractivity contribution in [2.45, 2.75) is 45.2 Å². The molecule has 1 atom stereocenters. The second-order valence-corrected chi connectivity index (χ2v) is 6.54. The van der Waals surface area contributed by atoms with Gasteiger partial charge in [0.15, 0.2) is 5.13 Å². The summed E-state index contributed by atoms with van der Waals surface area (Å²) < 4.78 is 0. The number of fused-ring (bicyclic) bond motifs is 1. The first kappa shape index (κ1) is 15.2. The molecule has 0 aromatic carbocycles. The van der Waals surface area contributed by atoms with Crippen LogP contribution in [0.2, 0.25) is 0 Å². The maximum atomic E-state index is 12.4. The molecule has 118 valence electrons. The number of hydrogen-bond donors (Lipinski definition) is 2. The molecule has 2 aromatic heterocycles. The first-order chi connectivity index (χ1) is 10.7. The van der Waals surface area contributed by atoms with E-state index in [-0.39, 0.29) is 11.9 Å². The van der Waals surface area contributed by atoms with Crippen molar-refractivity contribution >= 4 is 22.4 Å². The molecule has 2 N–H and O–H groups in total. The van der Waals surface area contributed by atoms with E-state index in [1.165, 1.54) is 29.0 Å². The van der Waals surface area contributed by atoms with Gasteiger partial charge in [-0.1, -0.05) is 6.92 Å². The van der Waals surface area contributed by atoms with Crippen LogP contribution >= 0.6 is 11.3 Å². The Morgan fingerprint density at radius 1 is 1.55 bits per heavy atom. The number of aryl methyl sites for hydroxylation is 1. The molecule has 2 heterocycles. The van der Waals surface area contributed by atoms with Crippen LogP contribution < -0.4 is 5.32 Å². The Morgan fingerprint density at radius 3 is 3.14 bits per heavy atom. The molecule has 2 aromatic rings. The van der Waals surface area contributed by atoms with Crippen molar-refractivity contribution < 1.29 is 4.79 Å². The lowest BCUT2D eigenvalue weighted by Crippen LogP contribution is -2.41. The van der Waals surface area contributed by atoms with Crippen molar-refractivity contribution in [3.8, 4) is 0 Å². The van der Waals surface area contributed by atoms with Gasteiger partial charge in [-0.3, -0.25) is 14.8 Å². The van der Waals surface area contributed by atoms with Crippen LogP contribution in [0, 0.1) is 0 Å². The molecule has 7 heteroatoms. The normalized spacial score (nSPS) is 15.0. The molecule has 1 unspecified atom stereocenters. The highest BCUT2D eigenvalue weighted by atomic mass is 32.1. The van der Waals surface area contributed by atoms with Crippen molar-refractivity contribution in [3.63, 3.8) is 0 Å². The highest BCUT2D eigenvalue weighted by molar-refractivity contribution is 7.13. The average molecular weight is 319 g/mol. The Hall–Kier alpha value is -1.73. The minimum Gasteiger partial charge on any atom is -0.301 e. The smallest absolute Gasteiger partial charge is 0.243 e. The maximum Gasteiger partial charge on any atom is 0.243 e. The zero-order valence-corrected chi connectivity index (χ0v) is 13.7. The lowest BCUT2D eigenvalue weighted by molar-refractivity contribution is -0.121. The van der Waals surface area contributed by atoms with Gasteiger partial charge in [-0.2, -0.15) is 5.10 Å². The molecule has 0 fully saturated rings. The number of H-pyrrole nitrogens is 1. The zero-order chi connectivity index (χ0) is 15.5. The number of aromatic amines is 1. The number of likely N-dealkylation sites (N-methyl/N-ethyl adjacent to an activating group) is 1. The monoisotopic (exact) mass is 319 g/mol. The predicted molar refractivity (Wildman–Crippen MR) is 86.9 cm³/mol. The molecular weight excluding hydrogens is 298 g/mol. The number of hydrogen-bond acceptors (Lipinski definition) is 5. The first-order valence-corrected chi connectivity index (χ1v) is 8.52. The third-order valence-corrected chi connectivity index (χ3v) is 4.86. The molecule has 0 radical (unpaired) electrons. The van der Waals surface area contributed by atoms with E-state index < -0.39 is 0 Å².